The monoisotopic (exact) mass is 916 g/mol. The van der Waals surface area contributed by atoms with E-state index in [1.165, 1.54) is 31.4 Å². The van der Waals surface area contributed by atoms with Crippen molar-refractivity contribution in [3.63, 3.8) is 0 Å². The van der Waals surface area contributed by atoms with Gasteiger partial charge < -0.3 is 19.4 Å². The third-order valence-corrected chi connectivity index (χ3v) is 21.6. The summed E-state index contributed by atoms with van der Waals surface area (Å²) < 4.78 is 26.1. The number of carbonyl (C=O) groups excluding carboxylic acids is 3. The molecule has 362 valence electrons. The third-order valence-electron chi connectivity index (χ3n) is 21.6. The minimum Gasteiger partial charge on any atom is -0.462 e. The average molecular weight is 916 g/mol. The van der Waals surface area contributed by atoms with E-state index in [9.17, 15) is 14.0 Å². The van der Waals surface area contributed by atoms with E-state index in [1.54, 1.807) is 12.1 Å². The molecule has 1 unspecified atom stereocenters. The van der Waals surface area contributed by atoms with Gasteiger partial charge in [0.25, 0.3) is 0 Å². The highest BCUT2D eigenvalue weighted by Crippen LogP contribution is 2.78. The van der Waals surface area contributed by atoms with Crippen LogP contribution in [0.5, 0.6) is 0 Å². The number of amides is 1. The molecule has 1 aliphatic heterocycles. The number of aromatic nitrogens is 2. The molecule has 9 heteroatoms. The van der Waals surface area contributed by atoms with E-state index >= 15 is 4.79 Å². The normalized spacial score (nSPS) is 39.3. The minimum absolute atomic E-state index is 0.0736. The van der Waals surface area contributed by atoms with Crippen molar-refractivity contribution < 1.29 is 28.2 Å². The Morgan fingerprint density at radius 1 is 0.776 bits per heavy atom. The lowest BCUT2D eigenvalue weighted by atomic mass is 9.32. The molecule has 10 rings (SSSR count). The standard InChI is InChI=1S/C58H78FN3O5/c1-35(2)39-23-28-58(52(65)62-31-13-16-44(62)49-60-33-43(61-49)37-17-19-38(59)20-18-37)30-29-56(8)40(48(39)58)21-22-46-55(7)26-25-47(54(5,6)45(55)24-27-57(46,56)9)67-51(64)42-32-41(53(42,3)4)50(63)66-34-36-14-11-10-12-15-36/h10-12,14-15,17-20,33,35,39-42,44-48H,13,16,21-32,34H2,1-9H3,(H,60,61)/t39?,40-,41+,42-,44+,45+,46-,47+,48-,55+,56-,57-,58+/m1/s1. The molecule has 8 nitrogen and oxygen atoms in total. The Hall–Kier alpha value is -4.01. The largest absolute Gasteiger partial charge is 0.462 e. The Labute approximate surface area is 399 Å². The first kappa shape index (κ1) is 46.7. The minimum atomic E-state index is -0.527. The highest BCUT2D eigenvalue weighted by molar-refractivity contribution is 5.85. The molecule has 6 aliphatic carbocycles. The highest BCUT2D eigenvalue weighted by atomic mass is 19.1. The lowest BCUT2D eigenvalue weighted by Crippen LogP contribution is -2.67. The predicted octanol–water partition coefficient (Wildman–Crippen LogP) is 12.9. The quantitative estimate of drug-likeness (QED) is 0.215. The maximum Gasteiger partial charge on any atom is 0.309 e. The van der Waals surface area contributed by atoms with Crippen LogP contribution in [0, 0.1) is 85.7 Å². The Morgan fingerprint density at radius 3 is 2.22 bits per heavy atom. The fourth-order valence-electron chi connectivity index (χ4n) is 17.6. The summed E-state index contributed by atoms with van der Waals surface area (Å²) in [6, 6.07) is 16.2. The molecule has 2 heterocycles. The Morgan fingerprint density at radius 2 is 1.51 bits per heavy atom. The summed E-state index contributed by atoms with van der Waals surface area (Å²) in [6.45, 7) is 22.6. The molecule has 1 amide bonds. The van der Waals surface area contributed by atoms with E-state index in [1.807, 2.05) is 50.4 Å². The lowest BCUT2D eigenvalue weighted by Gasteiger charge is -2.73. The van der Waals surface area contributed by atoms with E-state index < -0.39 is 5.41 Å². The van der Waals surface area contributed by atoms with Gasteiger partial charge in [-0.25, -0.2) is 9.37 Å². The number of halogens is 1. The van der Waals surface area contributed by atoms with Crippen molar-refractivity contribution in [3.8, 4) is 11.3 Å². The van der Waals surface area contributed by atoms with Crippen LogP contribution in [-0.2, 0) is 30.5 Å². The number of H-pyrrole nitrogens is 1. The molecule has 1 N–H and O–H groups in total. The van der Waals surface area contributed by atoms with Gasteiger partial charge in [-0.15, -0.1) is 0 Å². The summed E-state index contributed by atoms with van der Waals surface area (Å²) in [4.78, 5) is 53.6. The molecule has 13 atom stereocenters. The van der Waals surface area contributed by atoms with E-state index in [-0.39, 0.29) is 75.4 Å². The van der Waals surface area contributed by atoms with Crippen LogP contribution in [0.3, 0.4) is 0 Å². The zero-order valence-electron chi connectivity index (χ0n) is 42.0. The Balaban J connectivity index is 0.847. The van der Waals surface area contributed by atoms with E-state index in [4.69, 9.17) is 14.5 Å². The Bertz CT molecular complexity index is 2360. The number of nitrogens with zero attached hydrogens (tertiary/aromatic N) is 2. The molecular formula is C58H78FN3O5. The van der Waals surface area contributed by atoms with Gasteiger partial charge in [0.05, 0.1) is 35.2 Å². The van der Waals surface area contributed by atoms with Crippen molar-refractivity contribution in [3.05, 3.63) is 78.0 Å². The number of fused-ring (bicyclic) bond motifs is 7. The average Bonchev–Trinajstić information content (AvgIpc) is 4.07. The van der Waals surface area contributed by atoms with Gasteiger partial charge in [-0.1, -0.05) is 92.6 Å². The summed E-state index contributed by atoms with van der Waals surface area (Å²) in [6.07, 6.45) is 14.8. The molecule has 0 spiro atoms. The molecule has 0 bridgehead atoms. The number of benzene rings is 2. The van der Waals surface area contributed by atoms with Crippen LogP contribution in [0.25, 0.3) is 11.3 Å². The SMILES string of the molecule is CC(C)C1CC[C@]2(C(=O)N3CCC[C@H]3c3ncc(-c4ccc(F)cc4)[nH]3)CC[C@]3(C)[C@H](CC[C@@H]4[C@@]5(C)CC[C@H](OC(=O)[C@H]6C[C@@H](C(=O)OCc7ccccc7)C6(C)C)C(C)(C)[C@@H]5CC[C@]43C)[C@@H]12. The molecule has 1 aromatic heterocycles. The first-order valence-corrected chi connectivity index (χ1v) is 26.3. The number of hydrogen-bond donors (Lipinski definition) is 1. The van der Waals surface area contributed by atoms with E-state index in [0.29, 0.717) is 47.8 Å². The van der Waals surface area contributed by atoms with Gasteiger partial charge in [-0.3, -0.25) is 14.4 Å². The number of aromatic amines is 1. The van der Waals surface area contributed by atoms with E-state index in [2.05, 4.69) is 58.4 Å². The number of ether oxygens (including phenoxy) is 2. The number of carbonyl (C=O) groups is 3. The van der Waals surface area contributed by atoms with Crippen molar-refractivity contribution >= 4 is 17.8 Å². The molecule has 0 radical (unpaired) electrons. The molecule has 7 fully saturated rings. The van der Waals surface area contributed by atoms with Gasteiger partial charge in [0.2, 0.25) is 5.91 Å². The molecule has 67 heavy (non-hydrogen) atoms. The van der Waals surface area contributed by atoms with Gasteiger partial charge in [0.1, 0.15) is 24.4 Å². The second kappa shape index (κ2) is 16.6. The fraction of sp³-hybridized carbons (Fsp3) is 0.690. The maximum absolute atomic E-state index is 15.6. The first-order valence-electron chi connectivity index (χ1n) is 26.3. The topological polar surface area (TPSA) is 102 Å². The van der Waals surface area contributed by atoms with Crippen LogP contribution in [0.2, 0.25) is 0 Å². The van der Waals surface area contributed by atoms with Gasteiger partial charge in [0, 0.05) is 12.0 Å². The van der Waals surface area contributed by atoms with Gasteiger partial charge in [-0.05, 0) is 176 Å². The number of likely N-dealkylation sites (tertiary alicyclic amines) is 1. The van der Waals surface area contributed by atoms with Gasteiger partial charge >= 0.3 is 11.9 Å². The van der Waals surface area contributed by atoms with Crippen molar-refractivity contribution in [1.82, 2.24) is 14.9 Å². The zero-order chi connectivity index (χ0) is 47.5. The second-order valence-electron chi connectivity index (χ2n) is 25.2. The van der Waals surface area contributed by atoms with Crippen molar-refractivity contribution in [2.75, 3.05) is 6.54 Å². The van der Waals surface area contributed by atoms with E-state index in [0.717, 1.165) is 87.0 Å². The molecule has 6 saturated carbocycles. The maximum atomic E-state index is 15.6. The van der Waals surface area contributed by atoms with Crippen molar-refractivity contribution in [1.29, 1.82) is 0 Å². The molecule has 7 aliphatic rings. The zero-order valence-corrected chi connectivity index (χ0v) is 42.0. The van der Waals surface area contributed by atoms with Crippen LogP contribution in [-0.4, -0.2) is 45.4 Å². The predicted molar refractivity (Wildman–Crippen MR) is 258 cm³/mol. The van der Waals surface area contributed by atoms with Gasteiger partial charge in [0.15, 0.2) is 0 Å². The van der Waals surface area contributed by atoms with Crippen molar-refractivity contribution in [2.45, 2.75) is 165 Å². The fourth-order valence-corrected chi connectivity index (χ4v) is 17.6. The summed E-state index contributed by atoms with van der Waals surface area (Å²) >= 11 is 0. The number of imidazole rings is 1. The van der Waals surface area contributed by atoms with Gasteiger partial charge in [-0.2, -0.15) is 0 Å². The smallest absolute Gasteiger partial charge is 0.309 e. The number of esters is 2. The van der Waals surface area contributed by atoms with Crippen LogP contribution < -0.4 is 0 Å². The van der Waals surface area contributed by atoms with Crippen LogP contribution in [0.15, 0.2) is 60.8 Å². The third kappa shape index (κ3) is 7.12. The highest BCUT2D eigenvalue weighted by Gasteiger charge is 2.73. The van der Waals surface area contributed by atoms with Crippen LogP contribution in [0.1, 0.15) is 163 Å². The summed E-state index contributed by atoms with van der Waals surface area (Å²) in [5.41, 5.74) is 2.03. The summed E-state index contributed by atoms with van der Waals surface area (Å²) in [5, 5.41) is 0. The second-order valence-corrected chi connectivity index (χ2v) is 25.2. The number of nitrogens with one attached hydrogen (secondary N) is 1. The Kier molecular flexibility index (Phi) is 11.5. The molecular weight excluding hydrogens is 838 g/mol. The summed E-state index contributed by atoms with van der Waals surface area (Å²) in [5.74, 6) is 2.82. The lowest BCUT2D eigenvalue weighted by molar-refractivity contribution is -0.252. The van der Waals surface area contributed by atoms with Crippen LogP contribution in [0.4, 0.5) is 4.39 Å². The number of rotatable bonds is 9. The first-order chi connectivity index (χ1) is 31.8. The van der Waals surface area contributed by atoms with Crippen LogP contribution >= 0.6 is 0 Å². The summed E-state index contributed by atoms with van der Waals surface area (Å²) in [7, 11) is 0. The molecule has 3 aromatic rings. The molecule has 2 aromatic carbocycles. The van der Waals surface area contributed by atoms with Crippen molar-refractivity contribution in [2.24, 2.45) is 79.8 Å². The number of hydrogen-bond acceptors (Lipinski definition) is 6. The molecule has 1 saturated heterocycles.